The summed E-state index contributed by atoms with van der Waals surface area (Å²) in [5.41, 5.74) is -0.0394. The molecule has 1 saturated carbocycles. The maximum Gasteiger partial charge on any atom is 0.153 e. The molecule has 2 saturated heterocycles. The molecule has 5 rings (SSSR count). The van der Waals surface area contributed by atoms with Crippen LogP contribution in [-0.4, -0.2) is 47.0 Å². The van der Waals surface area contributed by atoms with Gasteiger partial charge in [0.15, 0.2) is 5.76 Å². The number of allylic oxidation sites excluding steroid dienone is 3. The van der Waals surface area contributed by atoms with E-state index in [1.54, 1.807) is 6.08 Å². The molecule has 0 aromatic rings. The summed E-state index contributed by atoms with van der Waals surface area (Å²) in [5.74, 6) is 2.08. The van der Waals surface area contributed by atoms with Gasteiger partial charge in [0.05, 0.1) is 0 Å². The molecule has 5 aliphatic rings. The maximum atomic E-state index is 10.5. The van der Waals surface area contributed by atoms with Crippen LogP contribution in [0.4, 0.5) is 0 Å². The maximum absolute atomic E-state index is 10.5. The summed E-state index contributed by atoms with van der Waals surface area (Å²) in [6.07, 6.45) is 9.45. The molecule has 0 radical (unpaired) electrons. The highest BCUT2D eigenvalue weighted by Crippen LogP contribution is 2.66. The molecule has 21 heavy (non-hydrogen) atoms. The van der Waals surface area contributed by atoms with E-state index in [4.69, 9.17) is 4.74 Å². The molecule has 2 aliphatic heterocycles. The first-order valence-electron chi connectivity index (χ1n) is 7.97. The lowest BCUT2D eigenvalue weighted by Crippen LogP contribution is -2.65. The molecule has 4 nitrogen and oxygen atoms in total. The number of nitrogens with zero attached hydrogens (tertiary/aromatic N) is 1. The van der Waals surface area contributed by atoms with Crippen molar-refractivity contribution >= 4 is 0 Å². The average molecular weight is 287 g/mol. The average Bonchev–Trinajstić information content (AvgIpc) is 2.83. The van der Waals surface area contributed by atoms with Crippen molar-refractivity contribution in [2.75, 3.05) is 13.6 Å². The Bertz CT molecular complexity index is 595. The van der Waals surface area contributed by atoms with Crippen molar-refractivity contribution in [3.8, 4) is 0 Å². The second kappa shape index (κ2) is 3.73. The van der Waals surface area contributed by atoms with Crippen molar-refractivity contribution in [2.24, 2.45) is 23.2 Å². The fourth-order valence-corrected chi connectivity index (χ4v) is 5.84. The molecule has 2 heterocycles. The Hall–Kier alpha value is -1.26. The standard InChI is InChI=1S/C17H21NO3/c1-18-7-6-17-10-3-5-13(20)16(17)21-15-12(19)4-2-9(14(15)17)8-11(10)18/h2-5,9-11,13-14,16,19-20H,6-8H2,1H3/t9?,10?,11?,13?,14?,16?,17-/m1/s1. The van der Waals surface area contributed by atoms with E-state index in [0.717, 1.165) is 25.1 Å². The monoisotopic (exact) mass is 287 g/mol. The van der Waals surface area contributed by atoms with E-state index in [9.17, 15) is 10.2 Å². The van der Waals surface area contributed by atoms with E-state index in [0.29, 0.717) is 17.9 Å². The summed E-state index contributed by atoms with van der Waals surface area (Å²) in [4.78, 5) is 2.47. The van der Waals surface area contributed by atoms with E-state index in [-0.39, 0.29) is 23.2 Å². The summed E-state index contributed by atoms with van der Waals surface area (Å²) in [5, 5.41) is 20.7. The summed E-state index contributed by atoms with van der Waals surface area (Å²) < 4.78 is 6.14. The van der Waals surface area contributed by atoms with Crippen molar-refractivity contribution in [1.29, 1.82) is 0 Å². The van der Waals surface area contributed by atoms with Crippen LogP contribution in [0, 0.1) is 23.2 Å². The Labute approximate surface area is 124 Å². The minimum absolute atomic E-state index is 0.0394. The van der Waals surface area contributed by atoms with Crippen LogP contribution in [0.3, 0.4) is 0 Å². The predicted molar refractivity (Wildman–Crippen MR) is 77.4 cm³/mol. The van der Waals surface area contributed by atoms with Gasteiger partial charge in [-0.3, -0.25) is 0 Å². The molecule has 1 spiro atoms. The molecule has 3 fully saturated rings. The summed E-state index contributed by atoms with van der Waals surface area (Å²) in [6.45, 7) is 1.04. The van der Waals surface area contributed by atoms with E-state index in [1.165, 1.54) is 0 Å². The van der Waals surface area contributed by atoms with E-state index >= 15 is 0 Å². The zero-order chi connectivity index (χ0) is 14.4. The lowest BCUT2D eigenvalue weighted by molar-refractivity contribution is -0.123. The first kappa shape index (κ1) is 12.3. The summed E-state index contributed by atoms with van der Waals surface area (Å²) >= 11 is 0. The van der Waals surface area contributed by atoms with Crippen molar-refractivity contribution in [2.45, 2.75) is 31.1 Å². The van der Waals surface area contributed by atoms with Gasteiger partial charge in [-0.2, -0.15) is 0 Å². The number of hydrogen-bond donors (Lipinski definition) is 2. The van der Waals surface area contributed by atoms with Crippen LogP contribution in [0.5, 0.6) is 0 Å². The summed E-state index contributed by atoms with van der Waals surface area (Å²) in [6, 6.07) is 0.513. The van der Waals surface area contributed by atoms with Crippen LogP contribution in [0.15, 0.2) is 35.8 Å². The molecule has 0 amide bonds. The van der Waals surface area contributed by atoms with Crippen molar-refractivity contribution in [3.05, 3.63) is 35.8 Å². The normalized spacial score (nSPS) is 53.6. The number of piperidine rings is 1. The number of aliphatic hydroxyl groups is 2. The van der Waals surface area contributed by atoms with Gasteiger partial charge in [0, 0.05) is 23.3 Å². The highest BCUT2D eigenvalue weighted by Gasteiger charge is 2.69. The minimum atomic E-state index is -0.560. The number of ether oxygens (including phenoxy) is 1. The zero-order valence-corrected chi connectivity index (χ0v) is 12.1. The third-order valence-corrected chi connectivity index (χ3v) is 6.67. The molecule has 7 atom stereocenters. The van der Waals surface area contributed by atoms with Crippen LogP contribution < -0.4 is 0 Å². The Kier molecular flexibility index (Phi) is 2.19. The Morgan fingerprint density at radius 2 is 2.19 bits per heavy atom. The topological polar surface area (TPSA) is 52.9 Å². The number of hydrogen-bond acceptors (Lipinski definition) is 4. The molecule has 4 heteroatoms. The van der Waals surface area contributed by atoms with Gasteiger partial charge in [-0.1, -0.05) is 18.2 Å². The Balaban J connectivity index is 1.75. The quantitative estimate of drug-likeness (QED) is 0.665. The third-order valence-electron chi connectivity index (χ3n) is 6.67. The largest absolute Gasteiger partial charge is 0.504 e. The van der Waals surface area contributed by atoms with Crippen molar-refractivity contribution in [3.63, 3.8) is 0 Å². The van der Waals surface area contributed by atoms with E-state index < -0.39 is 6.10 Å². The second-order valence-corrected chi connectivity index (χ2v) is 7.34. The van der Waals surface area contributed by atoms with Crippen LogP contribution in [0.25, 0.3) is 0 Å². The molecule has 2 N–H and O–H groups in total. The molecule has 0 aromatic carbocycles. The van der Waals surface area contributed by atoms with Gasteiger partial charge in [-0.05, 0) is 38.4 Å². The molecule has 3 aliphatic carbocycles. The molecule has 0 aromatic heterocycles. The first-order chi connectivity index (χ1) is 10.1. The number of rotatable bonds is 0. The van der Waals surface area contributed by atoms with Crippen LogP contribution in [0.2, 0.25) is 0 Å². The zero-order valence-electron chi connectivity index (χ0n) is 12.1. The first-order valence-corrected chi connectivity index (χ1v) is 7.97. The number of likely N-dealkylation sites (tertiary alicyclic amines) is 1. The number of aliphatic hydroxyl groups excluding tert-OH is 2. The molecular formula is C17H21NO3. The van der Waals surface area contributed by atoms with Gasteiger partial charge in [0.1, 0.15) is 18.0 Å². The van der Waals surface area contributed by atoms with E-state index in [1.807, 2.05) is 6.08 Å². The van der Waals surface area contributed by atoms with Gasteiger partial charge in [-0.25, -0.2) is 0 Å². The lowest BCUT2D eigenvalue weighted by atomic mass is 9.48. The van der Waals surface area contributed by atoms with Crippen molar-refractivity contribution < 1.29 is 14.9 Å². The SMILES string of the molecule is CN1CC[C@]23C4C=CC(O)C2OC2=C(O)C=CC(CC41)C23. The molecule has 2 bridgehead atoms. The molecular weight excluding hydrogens is 266 g/mol. The predicted octanol–water partition coefficient (Wildman–Crippen LogP) is 1.60. The van der Waals surface area contributed by atoms with Crippen molar-refractivity contribution in [1.82, 2.24) is 4.90 Å². The lowest BCUT2D eigenvalue weighted by Gasteiger charge is -2.60. The fraction of sp³-hybridized carbons (Fsp3) is 0.647. The third kappa shape index (κ3) is 1.25. The highest BCUT2D eigenvalue weighted by molar-refractivity contribution is 5.37. The van der Waals surface area contributed by atoms with Gasteiger partial charge in [0.2, 0.25) is 0 Å². The van der Waals surface area contributed by atoms with Gasteiger partial charge in [-0.15, -0.1) is 0 Å². The van der Waals surface area contributed by atoms with Gasteiger partial charge >= 0.3 is 0 Å². The Morgan fingerprint density at radius 3 is 3.05 bits per heavy atom. The molecule has 112 valence electrons. The smallest absolute Gasteiger partial charge is 0.153 e. The second-order valence-electron chi connectivity index (χ2n) is 7.34. The van der Waals surface area contributed by atoms with Gasteiger partial charge < -0.3 is 19.8 Å². The van der Waals surface area contributed by atoms with Gasteiger partial charge in [0.25, 0.3) is 0 Å². The van der Waals surface area contributed by atoms with E-state index in [2.05, 4.69) is 24.1 Å². The highest BCUT2D eigenvalue weighted by atomic mass is 16.5. The van der Waals surface area contributed by atoms with Crippen LogP contribution in [0.1, 0.15) is 12.8 Å². The van der Waals surface area contributed by atoms with Crippen LogP contribution >= 0.6 is 0 Å². The Morgan fingerprint density at radius 1 is 1.33 bits per heavy atom. The summed E-state index contributed by atoms with van der Waals surface area (Å²) in [7, 11) is 2.21. The van der Waals surface area contributed by atoms with Crippen LogP contribution in [-0.2, 0) is 4.74 Å². The fourth-order valence-electron chi connectivity index (χ4n) is 5.84. The molecule has 6 unspecified atom stereocenters. The minimum Gasteiger partial charge on any atom is -0.504 e.